The summed E-state index contributed by atoms with van der Waals surface area (Å²) in [5.74, 6) is 0.586. The second kappa shape index (κ2) is 11.5. The molecule has 8 nitrogen and oxygen atoms in total. The van der Waals surface area contributed by atoms with E-state index in [2.05, 4.69) is 80.8 Å². The molecule has 0 radical (unpaired) electrons. The first-order valence-corrected chi connectivity index (χ1v) is 13.9. The number of rotatable bonds is 6. The molecule has 1 aromatic heterocycles. The molecule has 0 saturated carbocycles. The summed E-state index contributed by atoms with van der Waals surface area (Å²) in [6.45, 7) is 4.16. The van der Waals surface area contributed by atoms with E-state index in [1.54, 1.807) is 0 Å². The molecule has 1 aliphatic carbocycles. The number of hydrogen-bond acceptors (Lipinski definition) is 7. The molecule has 0 spiro atoms. The number of nitrogens with zero attached hydrogens (tertiary/aromatic N) is 7. The van der Waals surface area contributed by atoms with Gasteiger partial charge < -0.3 is 15.1 Å². The highest BCUT2D eigenvalue weighted by molar-refractivity contribution is 6.30. The quantitative estimate of drug-likeness (QED) is 0.450. The largest absolute Gasteiger partial charge is 0.369 e. The number of fused-ring (bicyclic) bond motifs is 1. The normalized spacial score (nSPS) is 21.3. The Morgan fingerprint density at radius 2 is 1.98 bits per heavy atom. The third-order valence-electron chi connectivity index (χ3n) is 7.70. The molecular formula is C31H31ClN8. The zero-order valence-corrected chi connectivity index (χ0v) is 23.1. The van der Waals surface area contributed by atoms with Crippen LogP contribution < -0.4 is 10.2 Å². The van der Waals surface area contributed by atoms with Gasteiger partial charge >= 0.3 is 0 Å². The van der Waals surface area contributed by atoms with Gasteiger partial charge in [-0.05, 0) is 54.1 Å². The predicted molar refractivity (Wildman–Crippen MR) is 162 cm³/mol. The fourth-order valence-corrected chi connectivity index (χ4v) is 5.66. The van der Waals surface area contributed by atoms with Crippen LogP contribution >= 0.6 is 11.6 Å². The Morgan fingerprint density at radius 3 is 2.80 bits per heavy atom. The number of benzene rings is 2. The predicted octanol–water partition coefficient (Wildman–Crippen LogP) is 5.29. The number of anilines is 2. The minimum Gasteiger partial charge on any atom is -0.369 e. The molecule has 3 unspecified atom stereocenters. The summed E-state index contributed by atoms with van der Waals surface area (Å²) < 4.78 is 1.86. The minimum atomic E-state index is -0.221. The van der Waals surface area contributed by atoms with E-state index in [4.69, 9.17) is 16.6 Å². The Morgan fingerprint density at radius 1 is 1.12 bits per heavy atom. The number of aromatic nitrogens is 2. The van der Waals surface area contributed by atoms with E-state index in [1.165, 1.54) is 5.69 Å². The molecule has 202 valence electrons. The van der Waals surface area contributed by atoms with Gasteiger partial charge in [-0.15, -0.1) is 0 Å². The number of allylic oxidation sites excluding steroid dienone is 2. The molecule has 2 aromatic carbocycles. The first-order valence-electron chi connectivity index (χ1n) is 13.5. The third kappa shape index (κ3) is 5.57. The maximum atomic E-state index is 9.50. The molecule has 0 bridgehead atoms. The topological polar surface area (TPSA) is 84.8 Å². The fourth-order valence-electron chi connectivity index (χ4n) is 5.46. The number of guanidine groups is 1. The van der Waals surface area contributed by atoms with Gasteiger partial charge in [-0.1, -0.05) is 48.0 Å². The van der Waals surface area contributed by atoms with Gasteiger partial charge in [0.05, 0.1) is 30.8 Å². The average molecular weight is 551 g/mol. The zero-order valence-electron chi connectivity index (χ0n) is 22.4. The molecule has 3 aromatic rings. The minimum absolute atomic E-state index is 0.00364. The van der Waals surface area contributed by atoms with Crippen LogP contribution in [-0.2, 0) is 0 Å². The van der Waals surface area contributed by atoms with Crippen LogP contribution in [0.1, 0.15) is 29.5 Å². The van der Waals surface area contributed by atoms with Gasteiger partial charge in [0.1, 0.15) is 0 Å². The van der Waals surface area contributed by atoms with Crippen LogP contribution in [-0.4, -0.2) is 66.1 Å². The lowest BCUT2D eigenvalue weighted by Crippen LogP contribution is -2.44. The van der Waals surface area contributed by atoms with Gasteiger partial charge in [0.25, 0.3) is 0 Å². The van der Waals surface area contributed by atoms with Crippen molar-refractivity contribution in [1.82, 2.24) is 14.7 Å². The van der Waals surface area contributed by atoms with Gasteiger partial charge in [-0.25, -0.2) is 9.98 Å². The van der Waals surface area contributed by atoms with E-state index in [-0.39, 0.29) is 18.0 Å². The van der Waals surface area contributed by atoms with Crippen LogP contribution in [0.3, 0.4) is 0 Å². The van der Waals surface area contributed by atoms with Crippen molar-refractivity contribution in [1.29, 1.82) is 5.26 Å². The van der Waals surface area contributed by atoms with Crippen LogP contribution in [0.2, 0.25) is 5.02 Å². The van der Waals surface area contributed by atoms with E-state index in [0.717, 1.165) is 48.6 Å². The van der Waals surface area contributed by atoms with Gasteiger partial charge in [0, 0.05) is 60.9 Å². The van der Waals surface area contributed by atoms with Crippen molar-refractivity contribution in [3.05, 3.63) is 101 Å². The highest BCUT2D eigenvalue weighted by atomic mass is 35.5. The number of hydrogen-bond donors (Lipinski definition) is 1. The van der Waals surface area contributed by atoms with Gasteiger partial charge in [0.15, 0.2) is 0 Å². The van der Waals surface area contributed by atoms with Crippen molar-refractivity contribution in [3.63, 3.8) is 0 Å². The summed E-state index contributed by atoms with van der Waals surface area (Å²) in [6.07, 6.45) is 12.4. The first kappa shape index (κ1) is 26.1. The fraction of sp³-hybridized carbons (Fsp3) is 0.290. The molecule has 40 heavy (non-hydrogen) atoms. The Balaban J connectivity index is 1.22. The Kier molecular flexibility index (Phi) is 7.49. The lowest BCUT2D eigenvalue weighted by Gasteiger charge is -2.34. The maximum absolute atomic E-state index is 9.50. The van der Waals surface area contributed by atoms with Crippen molar-refractivity contribution in [2.45, 2.75) is 24.4 Å². The van der Waals surface area contributed by atoms with Crippen molar-refractivity contribution in [2.75, 3.05) is 43.4 Å². The second-order valence-corrected chi connectivity index (χ2v) is 10.8. The zero-order chi connectivity index (χ0) is 27.5. The molecule has 3 atom stereocenters. The maximum Gasteiger partial charge on any atom is 0.223 e. The molecule has 1 saturated heterocycles. The molecule has 9 heteroatoms. The van der Waals surface area contributed by atoms with Crippen LogP contribution in [0.4, 0.5) is 11.4 Å². The van der Waals surface area contributed by atoms with Crippen molar-refractivity contribution in [2.24, 2.45) is 9.98 Å². The molecule has 6 rings (SSSR count). The van der Waals surface area contributed by atoms with E-state index >= 15 is 0 Å². The summed E-state index contributed by atoms with van der Waals surface area (Å²) >= 11 is 6.24. The second-order valence-electron chi connectivity index (χ2n) is 10.4. The van der Waals surface area contributed by atoms with E-state index in [0.29, 0.717) is 17.4 Å². The smallest absolute Gasteiger partial charge is 0.223 e. The number of piperazine rings is 1. The third-order valence-corrected chi connectivity index (χ3v) is 7.94. The number of nitriles is 1. The van der Waals surface area contributed by atoms with Crippen LogP contribution in [0.15, 0.2) is 94.7 Å². The summed E-state index contributed by atoms with van der Waals surface area (Å²) in [5, 5.41) is 18.2. The Hall–Kier alpha value is -4.19. The number of likely N-dealkylation sites (N-methyl/N-ethyl adjacent to an activating group) is 1. The summed E-state index contributed by atoms with van der Waals surface area (Å²) in [5.41, 5.74) is 5.22. The lowest BCUT2D eigenvalue weighted by atomic mass is 9.85. The van der Waals surface area contributed by atoms with Crippen LogP contribution in [0.25, 0.3) is 0 Å². The molecule has 1 N–H and O–H groups in total. The van der Waals surface area contributed by atoms with Crippen LogP contribution in [0.5, 0.6) is 0 Å². The highest BCUT2D eigenvalue weighted by Gasteiger charge is 2.30. The number of nitrogens with one attached hydrogen (secondary N) is 1. The monoisotopic (exact) mass is 550 g/mol. The molecule has 3 aliphatic rings. The molecular weight excluding hydrogens is 520 g/mol. The standard InChI is InChI=1S/C31H31ClN8/c1-38-13-15-39(16-14-38)27-9-4-8-26(18-27)36-31-34-19-23-6-3-10-28(30(23)37-31)24-20-35-40(21-24)29(11-12-33)22-5-2-7-25(32)17-22/h2-10,17-21,28-30H,11,13-16H2,1H3,(H,36,37). The summed E-state index contributed by atoms with van der Waals surface area (Å²) in [7, 11) is 2.17. The van der Waals surface area contributed by atoms with E-state index in [9.17, 15) is 5.26 Å². The first-order chi connectivity index (χ1) is 19.6. The van der Waals surface area contributed by atoms with Crippen molar-refractivity contribution < 1.29 is 0 Å². The van der Waals surface area contributed by atoms with Crippen molar-refractivity contribution >= 4 is 35.1 Å². The highest BCUT2D eigenvalue weighted by Crippen LogP contribution is 2.34. The SMILES string of the molecule is CN1CCN(c2cccc(NC3=NC4C(=CC=CC4c4cnn(C(CC#N)c5cccc(Cl)c5)c4)C=N3)c2)CC1. The summed E-state index contributed by atoms with van der Waals surface area (Å²) in [6, 6.07) is 18.0. The molecule has 0 amide bonds. The van der Waals surface area contributed by atoms with E-state index < -0.39 is 0 Å². The van der Waals surface area contributed by atoms with Gasteiger partial charge in [-0.2, -0.15) is 10.4 Å². The van der Waals surface area contributed by atoms with Gasteiger partial charge in [-0.3, -0.25) is 4.68 Å². The van der Waals surface area contributed by atoms with Crippen LogP contribution in [0, 0.1) is 11.3 Å². The average Bonchev–Trinajstić information content (AvgIpc) is 3.46. The van der Waals surface area contributed by atoms with E-state index in [1.807, 2.05) is 47.6 Å². The number of aliphatic imine (C=N–C) groups is 2. The van der Waals surface area contributed by atoms with Crippen molar-refractivity contribution in [3.8, 4) is 6.07 Å². The molecule has 1 fully saturated rings. The Bertz CT molecular complexity index is 1540. The number of halogens is 1. The Labute approximate surface area is 239 Å². The molecule has 2 aliphatic heterocycles. The molecule has 3 heterocycles. The summed E-state index contributed by atoms with van der Waals surface area (Å²) in [4.78, 5) is 14.4. The lowest BCUT2D eigenvalue weighted by molar-refractivity contribution is 0.313. The van der Waals surface area contributed by atoms with Gasteiger partial charge in [0.2, 0.25) is 5.96 Å².